The maximum Gasteiger partial charge on any atom is 0.292 e. The molecule has 2 unspecified atom stereocenters. The van der Waals surface area contributed by atoms with Crippen LogP contribution in [0.15, 0.2) is 18.2 Å². The van der Waals surface area contributed by atoms with Gasteiger partial charge in [-0.15, -0.1) is 0 Å². The van der Waals surface area contributed by atoms with Gasteiger partial charge in [0.15, 0.2) is 0 Å². The Labute approximate surface area is 115 Å². The van der Waals surface area contributed by atoms with E-state index in [0.717, 1.165) is 19.3 Å². The van der Waals surface area contributed by atoms with E-state index in [4.69, 9.17) is 11.6 Å². The van der Waals surface area contributed by atoms with Crippen LogP contribution in [-0.2, 0) is 0 Å². The molecule has 0 amide bonds. The number of thioether (sulfide) groups is 1. The third-order valence-corrected chi connectivity index (χ3v) is 4.66. The van der Waals surface area contributed by atoms with Crippen LogP contribution in [0, 0.1) is 10.1 Å². The number of hydrogen-bond acceptors (Lipinski definition) is 4. The Kier molecular flexibility index (Phi) is 4.35. The smallest absolute Gasteiger partial charge is 0.292 e. The highest BCUT2D eigenvalue weighted by atomic mass is 35.5. The summed E-state index contributed by atoms with van der Waals surface area (Å²) in [6.45, 7) is 0. The van der Waals surface area contributed by atoms with E-state index < -0.39 is 0 Å². The first-order valence-corrected chi connectivity index (χ1v) is 7.51. The van der Waals surface area contributed by atoms with Crippen LogP contribution in [0.4, 0.5) is 11.4 Å². The minimum Gasteiger partial charge on any atom is -0.376 e. The molecule has 0 aromatic heterocycles. The van der Waals surface area contributed by atoms with Gasteiger partial charge in [-0.1, -0.05) is 18.0 Å². The van der Waals surface area contributed by atoms with Crippen molar-refractivity contribution in [1.82, 2.24) is 0 Å². The molecule has 0 bridgehead atoms. The fraction of sp³-hybridized carbons (Fsp3) is 0.500. The van der Waals surface area contributed by atoms with Crippen LogP contribution in [0.3, 0.4) is 0 Å². The van der Waals surface area contributed by atoms with Gasteiger partial charge in [-0.3, -0.25) is 10.1 Å². The van der Waals surface area contributed by atoms with Gasteiger partial charge in [-0.05, 0) is 31.2 Å². The highest BCUT2D eigenvalue weighted by Crippen LogP contribution is 2.34. The van der Waals surface area contributed by atoms with Crippen LogP contribution in [0.1, 0.15) is 19.3 Å². The molecule has 0 spiro atoms. The van der Waals surface area contributed by atoms with Crippen LogP contribution in [0.2, 0.25) is 5.02 Å². The molecule has 1 aromatic carbocycles. The Balaban J connectivity index is 2.22. The molecule has 0 heterocycles. The first-order chi connectivity index (χ1) is 8.61. The minimum absolute atomic E-state index is 0.0890. The molecule has 18 heavy (non-hydrogen) atoms. The van der Waals surface area contributed by atoms with Crippen LogP contribution >= 0.6 is 23.4 Å². The fourth-order valence-electron chi connectivity index (χ4n) is 2.36. The largest absolute Gasteiger partial charge is 0.376 e. The molecule has 1 saturated carbocycles. The third kappa shape index (κ3) is 2.90. The zero-order valence-electron chi connectivity index (χ0n) is 10.1. The van der Waals surface area contributed by atoms with Crippen molar-refractivity contribution in [2.45, 2.75) is 30.6 Å². The molecule has 1 aromatic rings. The average molecular weight is 287 g/mol. The number of rotatable bonds is 4. The average Bonchev–Trinajstić information content (AvgIpc) is 2.76. The topological polar surface area (TPSA) is 55.2 Å². The van der Waals surface area contributed by atoms with E-state index in [1.165, 1.54) is 6.07 Å². The molecule has 0 saturated heterocycles. The Morgan fingerprint density at radius 3 is 2.94 bits per heavy atom. The monoisotopic (exact) mass is 286 g/mol. The molecular formula is C12H15ClN2O2S. The summed E-state index contributed by atoms with van der Waals surface area (Å²) >= 11 is 7.72. The Morgan fingerprint density at radius 2 is 2.28 bits per heavy atom. The van der Waals surface area contributed by atoms with E-state index in [2.05, 4.69) is 11.6 Å². The molecule has 0 radical (unpaired) electrons. The van der Waals surface area contributed by atoms with Gasteiger partial charge in [0.05, 0.1) is 4.92 Å². The lowest BCUT2D eigenvalue weighted by molar-refractivity contribution is -0.384. The van der Waals surface area contributed by atoms with Gasteiger partial charge in [0.2, 0.25) is 0 Å². The number of nitro benzene ring substituents is 1. The molecular weight excluding hydrogens is 272 g/mol. The fourth-order valence-corrected chi connectivity index (χ4v) is 3.46. The summed E-state index contributed by atoms with van der Waals surface area (Å²) < 4.78 is 0. The molecule has 1 N–H and O–H groups in total. The summed E-state index contributed by atoms with van der Waals surface area (Å²) in [6, 6.07) is 4.92. The summed E-state index contributed by atoms with van der Waals surface area (Å²) in [6.07, 6.45) is 5.46. The second kappa shape index (κ2) is 5.80. The second-order valence-electron chi connectivity index (χ2n) is 4.37. The summed E-state index contributed by atoms with van der Waals surface area (Å²) in [5.41, 5.74) is 0.615. The Hall–Kier alpha value is -0.940. The van der Waals surface area contributed by atoms with Crippen molar-refractivity contribution in [1.29, 1.82) is 0 Å². The van der Waals surface area contributed by atoms with Crippen LogP contribution in [0.25, 0.3) is 0 Å². The zero-order chi connectivity index (χ0) is 13.1. The highest BCUT2D eigenvalue weighted by molar-refractivity contribution is 7.99. The first-order valence-electron chi connectivity index (χ1n) is 5.85. The number of anilines is 1. The molecule has 4 nitrogen and oxygen atoms in total. The van der Waals surface area contributed by atoms with Gasteiger partial charge in [-0.2, -0.15) is 11.8 Å². The van der Waals surface area contributed by atoms with E-state index in [-0.39, 0.29) is 16.7 Å². The van der Waals surface area contributed by atoms with Crippen molar-refractivity contribution < 1.29 is 4.92 Å². The molecule has 1 aliphatic rings. The number of nitro groups is 1. The minimum atomic E-state index is -0.373. The summed E-state index contributed by atoms with van der Waals surface area (Å²) in [4.78, 5) is 10.6. The van der Waals surface area contributed by atoms with E-state index in [1.807, 2.05) is 11.8 Å². The lowest BCUT2D eigenvalue weighted by atomic mass is 10.2. The Bertz CT molecular complexity index is 456. The maximum atomic E-state index is 11.0. The van der Waals surface area contributed by atoms with Crippen molar-refractivity contribution in [2.24, 2.45) is 0 Å². The van der Waals surface area contributed by atoms with Crippen molar-refractivity contribution in [3.05, 3.63) is 33.3 Å². The predicted octanol–water partition coefficient (Wildman–Crippen LogP) is 3.94. The van der Waals surface area contributed by atoms with E-state index in [0.29, 0.717) is 16.0 Å². The van der Waals surface area contributed by atoms with Gasteiger partial charge in [0.1, 0.15) is 5.69 Å². The highest BCUT2D eigenvalue weighted by Gasteiger charge is 2.28. The molecule has 1 fully saturated rings. The third-order valence-electron chi connectivity index (χ3n) is 3.25. The molecule has 0 aliphatic heterocycles. The Morgan fingerprint density at radius 1 is 1.50 bits per heavy atom. The summed E-state index contributed by atoms with van der Waals surface area (Å²) in [5, 5.41) is 15.3. The molecule has 98 valence electrons. The lowest BCUT2D eigenvalue weighted by Gasteiger charge is -2.20. The number of halogens is 1. The first kappa shape index (κ1) is 13.5. The van der Waals surface area contributed by atoms with E-state index in [9.17, 15) is 10.1 Å². The number of nitrogens with zero attached hydrogens (tertiary/aromatic N) is 1. The van der Waals surface area contributed by atoms with E-state index >= 15 is 0 Å². The summed E-state index contributed by atoms with van der Waals surface area (Å²) in [5.74, 6) is 0. The van der Waals surface area contributed by atoms with Crippen LogP contribution in [-0.4, -0.2) is 22.5 Å². The molecule has 6 heteroatoms. The quantitative estimate of drug-likeness (QED) is 0.673. The van der Waals surface area contributed by atoms with Crippen molar-refractivity contribution in [3.8, 4) is 0 Å². The predicted molar refractivity (Wildman–Crippen MR) is 76.7 cm³/mol. The second-order valence-corrected chi connectivity index (χ2v) is 5.89. The zero-order valence-corrected chi connectivity index (χ0v) is 11.6. The van der Waals surface area contributed by atoms with Gasteiger partial charge >= 0.3 is 0 Å². The molecule has 2 atom stereocenters. The number of hydrogen-bond donors (Lipinski definition) is 1. The van der Waals surface area contributed by atoms with Crippen LogP contribution < -0.4 is 5.32 Å². The van der Waals surface area contributed by atoms with Gasteiger partial charge in [-0.25, -0.2) is 0 Å². The van der Waals surface area contributed by atoms with E-state index in [1.54, 1.807) is 12.1 Å². The maximum absolute atomic E-state index is 11.0. The standard InChI is InChI=1S/C12H15ClN2O2S/c1-18-12-4-2-3-9(12)14-10-7-8(13)5-6-11(10)15(16)17/h5-7,9,12,14H,2-4H2,1H3. The SMILES string of the molecule is CSC1CCCC1Nc1cc(Cl)ccc1[N+](=O)[O-]. The van der Waals surface area contributed by atoms with Crippen molar-refractivity contribution in [3.63, 3.8) is 0 Å². The summed E-state index contributed by atoms with van der Waals surface area (Å²) in [7, 11) is 0. The number of benzene rings is 1. The van der Waals surface area contributed by atoms with Gasteiger partial charge < -0.3 is 5.32 Å². The molecule has 1 aliphatic carbocycles. The van der Waals surface area contributed by atoms with Gasteiger partial charge in [0, 0.05) is 22.4 Å². The lowest BCUT2D eigenvalue weighted by Crippen LogP contribution is -2.26. The number of nitrogens with one attached hydrogen (secondary N) is 1. The normalized spacial score (nSPS) is 23.0. The molecule has 2 rings (SSSR count). The van der Waals surface area contributed by atoms with Crippen molar-refractivity contribution >= 4 is 34.7 Å². The van der Waals surface area contributed by atoms with Crippen LogP contribution in [0.5, 0.6) is 0 Å². The van der Waals surface area contributed by atoms with Crippen molar-refractivity contribution in [2.75, 3.05) is 11.6 Å². The van der Waals surface area contributed by atoms with Gasteiger partial charge in [0.25, 0.3) is 5.69 Å².